The summed E-state index contributed by atoms with van der Waals surface area (Å²) in [5.74, 6) is 0. The second-order valence-corrected chi connectivity index (χ2v) is 9.97. The minimum Gasteiger partial charge on any atom is -0.379 e. The van der Waals surface area contributed by atoms with E-state index < -0.39 is 15.7 Å². The standard InChI is InChI=1S/C30H30O5S/c1-24-17-18-29(36(31,32)33)23-25(24)19-20-34-21-22-35-30(26-11-5-2-6-12-26,27-13-7-3-8-14-27)28-15-9-4-10-16-28/h2-18,23H,19-22H2,1H3,(H,31,32,33). The SMILES string of the molecule is Cc1ccc(S(=O)(=O)O)cc1CCOCCOC(c1ccccc1)(c1ccccc1)c1ccccc1. The van der Waals surface area contributed by atoms with Crippen molar-refractivity contribution in [1.29, 1.82) is 0 Å². The number of ether oxygens (including phenoxy) is 2. The van der Waals surface area contributed by atoms with E-state index in [1.807, 2.05) is 61.5 Å². The second kappa shape index (κ2) is 11.6. The molecule has 0 heterocycles. The number of hydrogen-bond acceptors (Lipinski definition) is 4. The molecule has 0 amide bonds. The first-order chi connectivity index (χ1) is 17.4. The molecule has 0 saturated heterocycles. The van der Waals surface area contributed by atoms with Crippen molar-refractivity contribution < 1.29 is 22.4 Å². The van der Waals surface area contributed by atoms with Crippen LogP contribution in [0.15, 0.2) is 114 Å². The van der Waals surface area contributed by atoms with Crippen molar-refractivity contribution in [2.45, 2.75) is 23.8 Å². The summed E-state index contributed by atoms with van der Waals surface area (Å²) in [4.78, 5) is -0.107. The molecule has 0 aliphatic carbocycles. The highest BCUT2D eigenvalue weighted by atomic mass is 32.2. The Morgan fingerprint density at radius 1 is 0.694 bits per heavy atom. The average Bonchev–Trinajstić information content (AvgIpc) is 2.90. The topological polar surface area (TPSA) is 72.8 Å². The van der Waals surface area contributed by atoms with Gasteiger partial charge in [-0.25, -0.2) is 0 Å². The molecule has 0 aliphatic rings. The van der Waals surface area contributed by atoms with Crippen LogP contribution in [0.25, 0.3) is 0 Å². The third kappa shape index (κ3) is 5.91. The van der Waals surface area contributed by atoms with Gasteiger partial charge >= 0.3 is 0 Å². The summed E-state index contributed by atoms with van der Waals surface area (Å²) in [5, 5.41) is 0. The van der Waals surface area contributed by atoms with E-state index in [2.05, 4.69) is 36.4 Å². The van der Waals surface area contributed by atoms with Crippen molar-refractivity contribution >= 4 is 10.1 Å². The molecule has 0 bridgehead atoms. The zero-order chi connectivity index (χ0) is 25.4. The van der Waals surface area contributed by atoms with E-state index in [9.17, 15) is 13.0 Å². The molecule has 4 rings (SSSR count). The summed E-state index contributed by atoms with van der Waals surface area (Å²) >= 11 is 0. The number of benzene rings is 4. The molecule has 4 aromatic carbocycles. The van der Waals surface area contributed by atoms with Gasteiger partial charge in [-0.15, -0.1) is 0 Å². The average molecular weight is 503 g/mol. The maximum absolute atomic E-state index is 11.5. The zero-order valence-electron chi connectivity index (χ0n) is 20.2. The van der Waals surface area contributed by atoms with Gasteiger partial charge in [0.05, 0.1) is 24.7 Å². The van der Waals surface area contributed by atoms with Crippen LogP contribution in [0.3, 0.4) is 0 Å². The lowest BCUT2D eigenvalue weighted by Gasteiger charge is -2.36. The van der Waals surface area contributed by atoms with E-state index in [0.29, 0.717) is 26.2 Å². The summed E-state index contributed by atoms with van der Waals surface area (Å²) < 4.78 is 44.8. The quantitative estimate of drug-likeness (QED) is 0.159. The van der Waals surface area contributed by atoms with Crippen molar-refractivity contribution in [2.75, 3.05) is 19.8 Å². The van der Waals surface area contributed by atoms with Gasteiger partial charge < -0.3 is 9.47 Å². The minimum atomic E-state index is -4.24. The Morgan fingerprint density at radius 2 is 1.19 bits per heavy atom. The van der Waals surface area contributed by atoms with Crippen LogP contribution < -0.4 is 0 Å². The summed E-state index contributed by atoms with van der Waals surface area (Å²) in [6.07, 6.45) is 0.524. The van der Waals surface area contributed by atoms with Gasteiger partial charge in [-0.3, -0.25) is 4.55 Å². The summed E-state index contributed by atoms with van der Waals surface area (Å²) in [5.41, 5.74) is 4.05. The molecule has 0 aliphatic heterocycles. The summed E-state index contributed by atoms with van der Waals surface area (Å²) in [6, 6.07) is 35.1. The Morgan fingerprint density at radius 3 is 1.67 bits per heavy atom. The van der Waals surface area contributed by atoms with Gasteiger partial charge in [0, 0.05) is 0 Å². The molecule has 36 heavy (non-hydrogen) atoms. The summed E-state index contributed by atoms with van der Waals surface area (Å²) in [7, 11) is -4.24. The predicted molar refractivity (Wildman–Crippen MR) is 141 cm³/mol. The Hall–Kier alpha value is -3.29. The molecular formula is C30H30O5S. The van der Waals surface area contributed by atoms with E-state index in [-0.39, 0.29) is 4.90 Å². The fourth-order valence-electron chi connectivity index (χ4n) is 4.38. The van der Waals surface area contributed by atoms with Crippen LogP contribution in [0.4, 0.5) is 0 Å². The number of aryl methyl sites for hydroxylation is 1. The van der Waals surface area contributed by atoms with Crippen LogP contribution in [0.1, 0.15) is 27.8 Å². The molecule has 0 unspecified atom stereocenters. The van der Waals surface area contributed by atoms with Crippen LogP contribution in [0.2, 0.25) is 0 Å². The van der Waals surface area contributed by atoms with Gasteiger partial charge in [-0.1, -0.05) is 97.1 Å². The van der Waals surface area contributed by atoms with E-state index in [0.717, 1.165) is 27.8 Å². The lowest BCUT2D eigenvalue weighted by atomic mass is 9.80. The largest absolute Gasteiger partial charge is 0.379 e. The first-order valence-electron chi connectivity index (χ1n) is 11.9. The van der Waals surface area contributed by atoms with E-state index in [4.69, 9.17) is 9.47 Å². The Bertz CT molecular complexity index is 1260. The van der Waals surface area contributed by atoms with Gasteiger partial charge in [0.2, 0.25) is 0 Å². The number of hydrogen-bond donors (Lipinski definition) is 1. The van der Waals surface area contributed by atoms with Crippen LogP contribution in [-0.2, 0) is 31.6 Å². The second-order valence-electron chi connectivity index (χ2n) is 8.55. The lowest BCUT2D eigenvalue weighted by molar-refractivity contribution is -0.0233. The van der Waals surface area contributed by atoms with Crippen molar-refractivity contribution in [3.05, 3.63) is 137 Å². The maximum Gasteiger partial charge on any atom is 0.294 e. The zero-order valence-corrected chi connectivity index (χ0v) is 21.0. The highest BCUT2D eigenvalue weighted by Gasteiger charge is 2.37. The molecule has 6 heteroatoms. The van der Waals surface area contributed by atoms with Crippen LogP contribution in [-0.4, -0.2) is 32.8 Å². The smallest absolute Gasteiger partial charge is 0.294 e. The van der Waals surface area contributed by atoms with Crippen molar-refractivity contribution in [1.82, 2.24) is 0 Å². The molecule has 5 nitrogen and oxygen atoms in total. The third-order valence-electron chi connectivity index (χ3n) is 6.22. The molecule has 186 valence electrons. The van der Waals surface area contributed by atoms with Gasteiger partial charge in [0.25, 0.3) is 10.1 Å². The first kappa shape index (κ1) is 25.8. The van der Waals surface area contributed by atoms with Crippen LogP contribution in [0, 0.1) is 6.92 Å². The summed E-state index contributed by atoms with van der Waals surface area (Å²) in [6.45, 7) is 3.02. The van der Waals surface area contributed by atoms with Crippen molar-refractivity contribution in [3.8, 4) is 0 Å². The fraction of sp³-hybridized carbons (Fsp3) is 0.200. The molecule has 4 aromatic rings. The van der Waals surface area contributed by atoms with Gasteiger partial charge in [0.15, 0.2) is 0 Å². The molecule has 0 aromatic heterocycles. The molecule has 0 atom stereocenters. The van der Waals surface area contributed by atoms with Crippen LogP contribution in [0.5, 0.6) is 0 Å². The van der Waals surface area contributed by atoms with Gasteiger partial charge in [-0.05, 0) is 53.3 Å². The Kier molecular flexibility index (Phi) is 8.33. The predicted octanol–water partition coefficient (Wildman–Crippen LogP) is 5.81. The third-order valence-corrected chi connectivity index (χ3v) is 7.07. The highest BCUT2D eigenvalue weighted by Crippen LogP contribution is 2.40. The first-order valence-corrected chi connectivity index (χ1v) is 13.3. The number of rotatable bonds is 11. The lowest BCUT2D eigenvalue weighted by Crippen LogP contribution is -2.34. The molecule has 1 N–H and O–H groups in total. The normalized spacial score (nSPS) is 11.9. The molecular weight excluding hydrogens is 472 g/mol. The molecule has 0 fully saturated rings. The van der Waals surface area contributed by atoms with E-state index in [1.165, 1.54) is 12.1 Å². The van der Waals surface area contributed by atoms with Crippen molar-refractivity contribution in [3.63, 3.8) is 0 Å². The van der Waals surface area contributed by atoms with Gasteiger partial charge in [-0.2, -0.15) is 8.42 Å². The maximum atomic E-state index is 11.5. The molecule has 0 radical (unpaired) electrons. The minimum absolute atomic E-state index is 0.107. The molecule has 0 saturated carbocycles. The van der Waals surface area contributed by atoms with Crippen molar-refractivity contribution in [2.24, 2.45) is 0 Å². The Balaban J connectivity index is 1.49. The van der Waals surface area contributed by atoms with Crippen LogP contribution >= 0.6 is 0 Å². The Labute approximate surface area is 213 Å². The molecule has 0 spiro atoms. The van der Waals surface area contributed by atoms with E-state index in [1.54, 1.807) is 6.07 Å². The van der Waals surface area contributed by atoms with E-state index >= 15 is 0 Å². The fourth-order valence-corrected chi connectivity index (χ4v) is 4.92. The highest BCUT2D eigenvalue weighted by molar-refractivity contribution is 7.85. The van der Waals surface area contributed by atoms with Gasteiger partial charge in [0.1, 0.15) is 5.60 Å². The monoisotopic (exact) mass is 502 g/mol.